The second kappa shape index (κ2) is 9.48. The summed E-state index contributed by atoms with van der Waals surface area (Å²) in [6.45, 7) is 2.08. The van der Waals surface area contributed by atoms with E-state index in [9.17, 15) is 8.42 Å². The molecule has 0 radical (unpaired) electrons. The van der Waals surface area contributed by atoms with Crippen LogP contribution in [-0.4, -0.2) is 39.9 Å². The largest absolute Gasteiger partial charge is 0.370 e. The van der Waals surface area contributed by atoms with E-state index in [1.807, 2.05) is 18.2 Å². The molecule has 0 saturated carbocycles. The fraction of sp³-hybridized carbons (Fsp3) is 0.400. The zero-order valence-corrected chi connectivity index (χ0v) is 17.5. The molecule has 5 nitrogen and oxygen atoms in total. The molecule has 0 spiro atoms. The van der Waals surface area contributed by atoms with Gasteiger partial charge in [0.2, 0.25) is 0 Å². The van der Waals surface area contributed by atoms with Crippen LogP contribution in [-0.2, 0) is 22.0 Å². The molecule has 1 aliphatic rings. The van der Waals surface area contributed by atoms with Crippen LogP contribution in [0.15, 0.2) is 58.3 Å². The second-order valence-electron chi connectivity index (χ2n) is 6.82. The van der Waals surface area contributed by atoms with E-state index < -0.39 is 22.0 Å². The first-order chi connectivity index (χ1) is 13.1. The highest BCUT2D eigenvalue weighted by molar-refractivity contribution is 7.86. The van der Waals surface area contributed by atoms with Crippen molar-refractivity contribution in [3.05, 3.63) is 48.5 Å². The van der Waals surface area contributed by atoms with Gasteiger partial charge in [-0.3, -0.25) is 4.72 Å². The number of benzene rings is 2. The summed E-state index contributed by atoms with van der Waals surface area (Å²) >= 11 is 0. The third-order valence-electron chi connectivity index (χ3n) is 4.62. The Balaban J connectivity index is 1.75. The third kappa shape index (κ3) is 5.18. The van der Waals surface area contributed by atoms with Crippen molar-refractivity contribution in [2.45, 2.75) is 35.5 Å². The molecule has 1 fully saturated rings. The summed E-state index contributed by atoms with van der Waals surface area (Å²) < 4.78 is 29.7. The summed E-state index contributed by atoms with van der Waals surface area (Å²) in [5.41, 5.74) is 2.00. The number of nitrogens with one attached hydrogen (secondary N) is 1. The van der Waals surface area contributed by atoms with Gasteiger partial charge in [0.25, 0.3) is 0 Å². The van der Waals surface area contributed by atoms with Gasteiger partial charge >= 0.3 is 0 Å². The summed E-state index contributed by atoms with van der Waals surface area (Å²) in [7, 11) is 0.964. The highest BCUT2D eigenvalue weighted by Crippen LogP contribution is 2.29. The minimum Gasteiger partial charge on any atom is -0.370 e. The molecule has 2 aromatic carbocycles. The zero-order chi connectivity index (χ0) is 19.2. The van der Waals surface area contributed by atoms with Gasteiger partial charge in [0, 0.05) is 13.1 Å². The first-order valence-corrected chi connectivity index (χ1v) is 11.5. The second-order valence-corrected chi connectivity index (χ2v) is 9.74. The molecule has 2 aromatic rings. The van der Waals surface area contributed by atoms with Crippen molar-refractivity contribution in [3.63, 3.8) is 0 Å². The summed E-state index contributed by atoms with van der Waals surface area (Å²) in [6, 6.07) is 15.1. The van der Waals surface area contributed by atoms with E-state index in [4.69, 9.17) is 0 Å². The van der Waals surface area contributed by atoms with E-state index in [1.54, 1.807) is 42.7 Å². The molecule has 146 valence electrons. The van der Waals surface area contributed by atoms with Crippen molar-refractivity contribution < 1.29 is 8.42 Å². The molecular formula is C20H27N3O2S2. The quantitative estimate of drug-likeness (QED) is 0.796. The summed E-state index contributed by atoms with van der Waals surface area (Å²) in [5.74, 6) is 0. The molecule has 1 N–H and O–H groups in total. The molecule has 1 aliphatic heterocycles. The molecule has 27 heavy (non-hydrogen) atoms. The number of hydrogen-bond acceptors (Lipinski definition) is 3. The highest BCUT2D eigenvalue weighted by atomic mass is 32.2. The van der Waals surface area contributed by atoms with E-state index in [0.717, 1.165) is 24.5 Å². The minimum atomic E-state index is -1.37. The van der Waals surface area contributed by atoms with Gasteiger partial charge in [-0.1, -0.05) is 25.0 Å². The van der Waals surface area contributed by atoms with Crippen molar-refractivity contribution in [3.8, 4) is 0 Å². The lowest BCUT2D eigenvalue weighted by Gasteiger charge is -2.25. The maximum atomic E-state index is 12.8. The lowest BCUT2D eigenvalue weighted by molar-refractivity contribution is 0.602. The van der Waals surface area contributed by atoms with E-state index in [1.165, 1.54) is 25.7 Å². The van der Waals surface area contributed by atoms with Gasteiger partial charge in [0.15, 0.2) is 0 Å². The van der Waals surface area contributed by atoms with Crippen LogP contribution in [0.25, 0.3) is 0 Å². The van der Waals surface area contributed by atoms with E-state index in [-0.39, 0.29) is 0 Å². The maximum absolute atomic E-state index is 12.8. The monoisotopic (exact) mass is 405 g/mol. The van der Waals surface area contributed by atoms with Crippen molar-refractivity contribution in [1.29, 1.82) is 0 Å². The number of rotatable bonds is 6. The molecule has 7 heteroatoms. The maximum Gasteiger partial charge on any atom is 0.150 e. The molecule has 0 bridgehead atoms. The Morgan fingerprint density at radius 3 is 2.07 bits per heavy atom. The van der Waals surface area contributed by atoms with Crippen LogP contribution in [0.1, 0.15) is 25.7 Å². The molecule has 1 heterocycles. The molecule has 0 aromatic heterocycles. The minimum absolute atomic E-state index is 0.667. The predicted octanol–water partition coefficient (Wildman–Crippen LogP) is 3.79. The van der Waals surface area contributed by atoms with Gasteiger partial charge in [0.05, 0.1) is 21.2 Å². The van der Waals surface area contributed by atoms with Crippen LogP contribution < -0.4 is 9.62 Å². The average molecular weight is 406 g/mol. The van der Waals surface area contributed by atoms with Crippen molar-refractivity contribution in [2.75, 3.05) is 36.8 Å². The Kier molecular flexibility index (Phi) is 7.04. The Hall–Kier alpha value is -1.70. The van der Waals surface area contributed by atoms with Crippen LogP contribution in [0.4, 0.5) is 11.4 Å². The summed E-state index contributed by atoms with van der Waals surface area (Å²) in [5, 5.41) is 0. The molecule has 3 rings (SSSR count). The zero-order valence-electron chi connectivity index (χ0n) is 15.9. The van der Waals surface area contributed by atoms with Crippen LogP contribution in [0.3, 0.4) is 0 Å². The Bertz CT molecular complexity index is 801. The number of hydrogen-bond donors (Lipinski definition) is 1. The number of nitrogens with zero attached hydrogens (tertiary/aromatic N) is 2. The fourth-order valence-corrected chi connectivity index (χ4v) is 4.86. The highest BCUT2D eigenvalue weighted by Gasteiger charge is 2.15. The molecule has 0 amide bonds. The number of para-hydroxylation sites is 2. The van der Waals surface area contributed by atoms with Crippen LogP contribution in [0.5, 0.6) is 0 Å². The van der Waals surface area contributed by atoms with Crippen LogP contribution in [0, 0.1) is 0 Å². The van der Waals surface area contributed by atoms with Crippen molar-refractivity contribution >= 4 is 33.3 Å². The molecule has 2 unspecified atom stereocenters. The molecule has 0 aliphatic carbocycles. The molecule has 2 atom stereocenters. The van der Waals surface area contributed by atoms with Crippen LogP contribution >= 0.6 is 0 Å². The van der Waals surface area contributed by atoms with Gasteiger partial charge in [-0.2, -0.15) is 0 Å². The van der Waals surface area contributed by atoms with Gasteiger partial charge in [0.1, 0.15) is 22.0 Å². The molecular weight excluding hydrogens is 378 g/mol. The Morgan fingerprint density at radius 2 is 1.44 bits per heavy atom. The normalized spacial score (nSPS) is 17.4. The van der Waals surface area contributed by atoms with E-state index in [2.05, 4.69) is 15.7 Å². The van der Waals surface area contributed by atoms with E-state index >= 15 is 0 Å². The van der Waals surface area contributed by atoms with Crippen LogP contribution in [0.2, 0.25) is 0 Å². The van der Waals surface area contributed by atoms with Gasteiger partial charge in [-0.05, 0) is 63.3 Å². The average Bonchev–Trinajstić information content (AvgIpc) is 2.97. The summed E-state index contributed by atoms with van der Waals surface area (Å²) in [6.07, 6.45) is 4.95. The fourth-order valence-electron chi connectivity index (χ4n) is 3.20. The van der Waals surface area contributed by atoms with Gasteiger partial charge < -0.3 is 4.90 Å². The Morgan fingerprint density at radius 1 is 0.852 bits per heavy atom. The van der Waals surface area contributed by atoms with E-state index in [0.29, 0.717) is 9.79 Å². The topological polar surface area (TPSA) is 52.7 Å². The van der Waals surface area contributed by atoms with Crippen molar-refractivity contribution in [1.82, 2.24) is 4.31 Å². The van der Waals surface area contributed by atoms with Crippen molar-refractivity contribution in [2.24, 2.45) is 0 Å². The first kappa shape index (κ1) is 20.0. The lowest BCUT2D eigenvalue weighted by Crippen LogP contribution is -2.25. The van der Waals surface area contributed by atoms with Gasteiger partial charge in [-0.25, -0.2) is 12.7 Å². The van der Waals surface area contributed by atoms with Gasteiger partial charge in [-0.15, -0.1) is 0 Å². The first-order valence-electron chi connectivity index (χ1n) is 9.28. The standard InChI is InChI=1S/C20H27N3O2S2/c1-22(2)27(25)18-13-11-17(12-14-18)26(24)21-19-9-5-6-10-20(19)23-15-7-3-4-8-16-23/h5-6,9-14,21H,3-4,7-8,15-16H2,1-2H3. The third-order valence-corrected chi connectivity index (χ3v) is 7.07. The molecule has 1 saturated heterocycles. The SMILES string of the molecule is CN(C)S(=O)c1ccc(S(=O)Nc2ccccc2N2CCCCCC2)cc1. The summed E-state index contributed by atoms with van der Waals surface area (Å²) in [4.78, 5) is 3.75. The number of anilines is 2. The lowest BCUT2D eigenvalue weighted by atomic mass is 10.2. The smallest absolute Gasteiger partial charge is 0.150 e. The predicted molar refractivity (Wildman–Crippen MR) is 114 cm³/mol. The Labute approximate surface area is 166 Å².